The van der Waals surface area contributed by atoms with Crippen molar-refractivity contribution in [3.05, 3.63) is 66.0 Å². The fraction of sp³-hybridized carbons (Fsp3) is 0.417. The number of hydrogen-bond donors (Lipinski definition) is 1. The van der Waals surface area contributed by atoms with Gasteiger partial charge in [-0.1, -0.05) is 63.2 Å². The van der Waals surface area contributed by atoms with Gasteiger partial charge in [-0.3, -0.25) is 9.59 Å². The first-order valence-corrected chi connectivity index (χ1v) is 10.4. The van der Waals surface area contributed by atoms with Crippen LogP contribution in [-0.4, -0.2) is 42.5 Å². The van der Waals surface area contributed by atoms with Crippen molar-refractivity contribution in [2.45, 2.75) is 39.7 Å². The number of rotatable bonds is 11. The molecule has 1 atom stereocenters. The first-order valence-electron chi connectivity index (χ1n) is 10.4. The van der Waals surface area contributed by atoms with Crippen molar-refractivity contribution >= 4 is 11.8 Å². The van der Waals surface area contributed by atoms with Crippen molar-refractivity contribution in [1.82, 2.24) is 10.2 Å². The SMILES string of the molecule is CC[C@@H](C(=O)NCC(C)C)N(CCc1ccccc1)C(=O)COc1ccccc1F. The van der Waals surface area contributed by atoms with Gasteiger partial charge in [0.1, 0.15) is 6.04 Å². The second-order valence-electron chi connectivity index (χ2n) is 7.60. The highest BCUT2D eigenvalue weighted by atomic mass is 19.1. The van der Waals surface area contributed by atoms with Gasteiger partial charge in [0.15, 0.2) is 18.2 Å². The summed E-state index contributed by atoms with van der Waals surface area (Å²) in [6, 6.07) is 15.1. The molecule has 0 aliphatic rings. The Labute approximate surface area is 178 Å². The lowest BCUT2D eigenvalue weighted by Gasteiger charge is -2.30. The summed E-state index contributed by atoms with van der Waals surface area (Å²) in [4.78, 5) is 27.3. The van der Waals surface area contributed by atoms with Crippen LogP contribution in [0.15, 0.2) is 54.6 Å². The number of nitrogens with one attached hydrogen (secondary N) is 1. The first-order chi connectivity index (χ1) is 14.4. The monoisotopic (exact) mass is 414 g/mol. The molecule has 0 aromatic heterocycles. The molecule has 6 heteroatoms. The van der Waals surface area contributed by atoms with Gasteiger partial charge >= 0.3 is 0 Å². The van der Waals surface area contributed by atoms with E-state index >= 15 is 0 Å². The molecule has 162 valence electrons. The number of benzene rings is 2. The molecule has 1 N–H and O–H groups in total. The minimum atomic E-state index is -0.607. The van der Waals surface area contributed by atoms with Gasteiger partial charge in [0.2, 0.25) is 5.91 Å². The lowest BCUT2D eigenvalue weighted by atomic mass is 10.1. The van der Waals surface area contributed by atoms with E-state index < -0.39 is 11.9 Å². The van der Waals surface area contributed by atoms with Gasteiger partial charge in [-0.15, -0.1) is 0 Å². The molecule has 0 spiro atoms. The van der Waals surface area contributed by atoms with Crippen LogP contribution in [0.1, 0.15) is 32.8 Å². The second-order valence-corrected chi connectivity index (χ2v) is 7.60. The average Bonchev–Trinajstić information content (AvgIpc) is 2.75. The lowest BCUT2D eigenvalue weighted by molar-refractivity contribution is -0.142. The Morgan fingerprint density at radius 1 is 1.07 bits per heavy atom. The number of para-hydroxylation sites is 1. The molecule has 30 heavy (non-hydrogen) atoms. The van der Waals surface area contributed by atoms with Crippen molar-refractivity contribution < 1.29 is 18.7 Å². The van der Waals surface area contributed by atoms with E-state index in [-0.39, 0.29) is 24.2 Å². The minimum Gasteiger partial charge on any atom is -0.481 e. The topological polar surface area (TPSA) is 58.6 Å². The van der Waals surface area contributed by atoms with Crippen molar-refractivity contribution in [1.29, 1.82) is 0 Å². The Balaban J connectivity index is 2.12. The molecule has 0 saturated carbocycles. The molecule has 0 heterocycles. The molecule has 2 rings (SSSR count). The Kier molecular flexibility index (Phi) is 9.32. The van der Waals surface area contributed by atoms with Gasteiger partial charge in [-0.2, -0.15) is 0 Å². The van der Waals surface area contributed by atoms with Crippen LogP contribution >= 0.6 is 0 Å². The Morgan fingerprint density at radius 3 is 2.37 bits per heavy atom. The second kappa shape index (κ2) is 12.0. The number of carbonyl (C=O) groups is 2. The third-order valence-corrected chi connectivity index (χ3v) is 4.74. The van der Waals surface area contributed by atoms with E-state index in [9.17, 15) is 14.0 Å². The standard InChI is InChI=1S/C24H31FN2O3/c1-4-21(24(29)26-16-18(2)3)27(15-14-19-10-6-5-7-11-19)23(28)17-30-22-13-9-8-12-20(22)25/h5-13,18,21H,4,14-17H2,1-3H3,(H,26,29)/t21-/m0/s1. The maximum atomic E-state index is 13.8. The van der Waals surface area contributed by atoms with Gasteiger partial charge < -0.3 is 15.0 Å². The zero-order valence-corrected chi connectivity index (χ0v) is 17.9. The first kappa shape index (κ1) is 23.4. The fourth-order valence-electron chi connectivity index (χ4n) is 3.10. The number of halogens is 1. The number of carbonyl (C=O) groups excluding carboxylic acids is 2. The Morgan fingerprint density at radius 2 is 1.73 bits per heavy atom. The number of ether oxygens (including phenoxy) is 1. The summed E-state index contributed by atoms with van der Waals surface area (Å²) in [5.74, 6) is -0.724. The molecule has 2 aromatic carbocycles. The van der Waals surface area contributed by atoms with Crippen LogP contribution in [0.2, 0.25) is 0 Å². The van der Waals surface area contributed by atoms with E-state index in [1.165, 1.54) is 12.1 Å². The molecule has 2 amide bonds. The average molecular weight is 415 g/mol. The highest BCUT2D eigenvalue weighted by molar-refractivity contribution is 5.88. The molecule has 2 aromatic rings. The molecule has 0 aliphatic heterocycles. The summed E-state index contributed by atoms with van der Waals surface area (Å²) >= 11 is 0. The van der Waals surface area contributed by atoms with Crippen LogP contribution in [0, 0.1) is 11.7 Å². The Bertz CT molecular complexity index is 811. The van der Waals surface area contributed by atoms with E-state index in [2.05, 4.69) is 5.32 Å². The van der Waals surface area contributed by atoms with E-state index in [0.29, 0.717) is 31.8 Å². The molecule has 0 fully saturated rings. The third-order valence-electron chi connectivity index (χ3n) is 4.74. The quantitative estimate of drug-likeness (QED) is 0.608. The van der Waals surface area contributed by atoms with Crippen LogP contribution in [0.3, 0.4) is 0 Å². The maximum Gasteiger partial charge on any atom is 0.261 e. The van der Waals surface area contributed by atoms with Crippen molar-refractivity contribution in [2.75, 3.05) is 19.7 Å². The number of hydrogen-bond acceptors (Lipinski definition) is 3. The molecule has 5 nitrogen and oxygen atoms in total. The predicted molar refractivity (Wildman–Crippen MR) is 116 cm³/mol. The number of amides is 2. The molecular weight excluding hydrogens is 383 g/mol. The van der Waals surface area contributed by atoms with Crippen molar-refractivity contribution in [3.8, 4) is 5.75 Å². The van der Waals surface area contributed by atoms with Crippen LogP contribution in [0.4, 0.5) is 4.39 Å². The Hall–Kier alpha value is -2.89. The van der Waals surface area contributed by atoms with Gasteiger partial charge in [0.25, 0.3) is 5.91 Å². The minimum absolute atomic E-state index is 0.0196. The van der Waals surface area contributed by atoms with Crippen LogP contribution in [-0.2, 0) is 16.0 Å². The van der Waals surface area contributed by atoms with E-state index in [0.717, 1.165) is 5.56 Å². The molecule has 0 bridgehead atoms. The summed E-state index contributed by atoms with van der Waals surface area (Å²) in [7, 11) is 0. The summed E-state index contributed by atoms with van der Waals surface area (Å²) in [6.07, 6.45) is 1.09. The normalized spacial score (nSPS) is 11.8. The van der Waals surface area contributed by atoms with Gasteiger partial charge in [0.05, 0.1) is 0 Å². The summed E-state index contributed by atoms with van der Waals surface area (Å²) < 4.78 is 19.2. The summed E-state index contributed by atoms with van der Waals surface area (Å²) in [6.45, 7) is 6.49. The van der Waals surface area contributed by atoms with E-state index in [4.69, 9.17) is 4.74 Å². The van der Waals surface area contributed by atoms with Crippen LogP contribution in [0.25, 0.3) is 0 Å². The lowest BCUT2D eigenvalue weighted by Crippen LogP contribution is -2.51. The summed E-state index contributed by atoms with van der Waals surface area (Å²) in [5.41, 5.74) is 1.07. The zero-order valence-electron chi connectivity index (χ0n) is 17.9. The van der Waals surface area contributed by atoms with E-state index in [1.807, 2.05) is 51.1 Å². The van der Waals surface area contributed by atoms with Gasteiger partial charge in [-0.25, -0.2) is 4.39 Å². The maximum absolute atomic E-state index is 13.8. The molecule has 0 aliphatic carbocycles. The molecule has 0 radical (unpaired) electrons. The van der Waals surface area contributed by atoms with Crippen molar-refractivity contribution in [3.63, 3.8) is 0 Å². The molecular formula is C24H31FN2O3. The van der Waals surface area contributed by atoms with Gasteiger partial charge in [-0.05, 0) is 36.5 Å². The van der Waals surface area contributed by atoms with Crippen LogP contribution < -0.4 is 10.1 Å². The number of nitrogens with zero attached hydrogens (tertiary/aromatic N) is 1. The van der Waals surface area contributed by atoms with Gasteiger partial charge in [0, 0.05) is 13.1 Å². The third kappa shape index (κ3) is 7.17. The highest BCUT2D eigenvalue weighted by Crippen LogP contribution is 2.16. The zero-order chi connectivity index (χ0) is 21.9. The molecule has 0 unspecified atom stereocenters. The van der Waals surface area contributed by atoms with Crippen molar-refractivity contribution in [2.24, 2.45) is 5.92 Å². The largest absolute Gasteiger partial charge is 0.481 e. The van der Waals surface area contributed by atoms with Crippen LogP contribution in [0.5, 0.6) is 5.75 Å². The fourth-order valence-corrected chi connectivity index (χ4v) is 3.10. The van der Waals surface area contributed by atoms with E-state index in [1.54, 1.807) is 17.0 Å². The molecule has 0 saturated heterocycles. The highest BCUT2D eigenvalue weighted by Gasteiger charge is 2.28. The predicted octanol–water partition coefficient (Wildman–Crippen LogP) is 3.83. The summed E-state index contributed by atoms with van der Waals surface area (Å²) in [5, 5.41) is 2.92. The smallest absolute Gasteiger partial charge is 0.261 e.